The third kappa shape index (κ3) is 4.77. The summed E-state index contributed by atoms with van der Waals surface area (Å²) in [6.45, 7) is 0.974. The number of hydrogen-bond acceptors (Lipinski definition) is 5. The number of amides is 3. The van der Waals surface area contributed by atoms with Gasteiger partial charge in [-0.25, -0.2) is 0 Å². The largest absolute Gasteiger partial charge is 0.489 e. The smallest absolute Gasteiger partial charge is 0.255 e. The van der Waals surface area contributed by atoms with Gasteiger partial charge >= 0.3 is 0 Å². The molecule has 34 heavy (non-hydrogen) atoms. The fourth-order valence-corrected chi connectivity index (χ4v) is 4.61. The van der Waals surface area contributed by atoms with E-state index in [-0.39, 0.29) is 36.4 Å². The molecule has 5 rings (SSSR count). The van der Waals surface area contributed by atoms with Crippen LogP contribution in [0.15, 0.2) is 48.5 Å². The van der Waals surface area contributed by atoms with Crippen molar-refractivity contribution >= 4 is 23.4 Å². The lowest BCUT2D eigenvalue weighted by Crippen LogP contribution is -2.42. The second-order valence-corrected chi connectivity index (χ2v) is 9.00. The average molecular weight is 464 g/mol. The van der Waals surface area contributed by atoms with Gasteiger partial charge in [0.2, 0.25) is 11.8 Å². The Kier molecular flexibility index (Phi) is 6.49. The highest BCUT2D eigenvalue weighted by Crippen LogP contribution is 2.41. The molecule has 8 nitrogen and oxygen atoms in total. The number of carbonyl (C=O) groups is 3. The fourth-order valence-electron chi connectivity index (χ4n) is 4.61. The average Bonchev–Trinajstić information content (AvgIpc) is 3.66. The molecule has 0 spiro atoms. The summed E-state index contributed by atoms with van der Waals surface area (Å²) in [6.07, 6.45) is 5.02. The van der Waals surface area contributed by atoms with Crippen LogP contribution in [-0.4, -0.2) is 54.5 Å². The number of anilines is 1. The summed E-state index contributed by atoms with van der Waals surface area (Å²) in [6, 6.07) is 13.8. The number of hydrogen-bond donors (Lipinski definition) is 2. The molecular weight excluding hydrogens is 434 g/mol. The van der Waals surface area contributed by atoms with Gasteiger partial charge in [-0.15, -0.1) is 0 Å². The van der Waals surface area contributed by atoms with Crippen molar-refractivity contribution in [2.24, 2.45) is 0 Å². The van der Waals surface area contributed by atoms with Crippen molar-refractivity contribution in [1.82, 2.24) is 10.2 Å². The highest BCUT2D eigenvalue weighted by atomic mass is 16.5. The number of nitrogens with zero attached hydrogens (tertiary/aromatic N) is 1. The Balaban J connectivity index is 1.19. The number of nitrogens with one attached hydrogen (secondary N) is 2. The van der Waals surface area contributed by atoms with Gasteiger partial charge in [-0.3, -0.25) is 14.4 Å². The summed E-state index contributed by atoms with van der Waals surface area (Å²) >= 11 is 0. The van der Waals surface area contributed by atoms with Gasteiger partial charge in [0.1, 0.15) is 18.4 Å². The van der Waals surface area contributed by atoms with Crippen LogP contribution >= 0.6 is 0 Å². The predicted octanol–water partition coefficient (Wildman–Crippen LogP) is 3.05. The van der Waals surface area contributed by atoms with Crippen LogP contribution in [0.4, 0.5) is 5.69 Å². The van der Waals surface area contributed by atoms with E-state index >= 15 is 0 Å². The Labute approximate surface area is 198 Å². The summed E-state index contributed by atoms with van der Waals surface area (Å²) in [5, 5.41) is 5.53. The molecule has 2 aromatic carbocycles. The third-order valence-corrected chi connectivity index (χ3v) is 6.47. The fraction of sp³-hybridized carbons (Fsp3) is 0.423. The minimum Gasteiger partial charge on any atom is -0.489 e. The van der Waals surface area contributed by atoms with E-state index < -0.39 is 6.04 Å². The molecule has 1 saturated heterocycles. The molecule has 2 aromatic rings. The summed E-state index contributed by atoms with van der Waals surface area (Å²) in [5.41, 5.74) is 1.80. The minimum absolute atomic E-state index is 0.0585. The van der Waals surface area contributed by atoms with Crippen LogP contribution in [0.3, 0.4) is 0 Å². The zero-order valence-corrected chi connectivity index (χ0v) is 19.0. The Morgan fingerprint density at radius 1 is 1.03 bits per heavy atom. The van der Waals surface area contributed by atoms with E-state index in [1.807, 2.05) is 24.3 Å². The summed E-state index contributed by atoms with van der Waals surface area (Å²) in [4.78, 5) is 40.2. The second-order valence-electron chi connectivity index (χ2n) is 9.00. The van der Waals surface area contributed by atoms with E-state index in [0.29, 0.717) is 29.2 Å². The number of rotatable bonds is 8. The summed E-state index contributed by atoms with van der Waals surface area (Å²) < 4.78 is 11.6. The Hall–Kier alpha value is -3.39. The highest BCUT2D eigenvalue weighted by Gasteiger charge is 2.47. The molecule has 0 aromatic heterocycles. The number of carbonyl (C=O) groups excluding carboxylic acids is 3. The highest BCUT2D eigenvalue weighted by molar-refractivity contribution is 6.05. The van der Waals surface area contributed by atoms with E-state index in [0.717, 1.165) is 38.7 Å². The summed E-state index contributed by atoms with van der Waals surface area (Å²) in [5.74, 6) is -0.268. The zero-order chi connectivity index (χ0) is 23.5. The maximum absolute atomic E-state index is 13.1. The van der Waals surface area contributed by atoms with Crippen LogP contribution < -0.4 is 15.4 Å². The van der Waals surface area contributed by atoms with Gasteiger partial charge in [0, 0.05) is 18.2 Å². The number of fused-ring (bicyclic) bond motifs is 1. The van der Waals surface area contributed by atoms with Crippen molar-refractivity contribution < 1.29 is 23.9 Å². The maximum Gasteiger partial charge on any atom is 0.255 e. The Morgan fingerprint density at radius 3 is 2.62 bits per heavy atom. The molecule has 1 aliphatic carbocycles. The topological polar surface area (TPSA) is 97.0 Å². The van der Waals surface area contributed by atoms with Crippen molar-refractivity contribution in [2.75, 3.05) is 25.1 Å². The van der Waals surface area contributed by atoms with Gasteiger partial charge in [0.15, 0.2) is 0 Å². The SMILES string of the molecule is O=C(CNC(=O)C1c2ccccc2C(=O)N1C1CC1)Nc1ccccc1OCC1CCCCO1. The van der Waals surface area contributed by atoms with E-state index in [1.54, 1.807) is 29.2 Å². The van der Waals surface area contributed by atoms with Crippen LogP contribution in [0.5, 0.6) is 5.75 Å². The molecule has 1 saturated carbocycles. The molecule has 2 unspecified atom stereocenters. The van der Waals surface area contributed by atoms with E-state index in [4.69, 9.17) is 9.47 Å². The maximum atomic E-state index is 13.1. The predicted molar refractivity (Wildman–Crippen MR) is 126 cm³/mol. The molecule has 2 fully saturated rings. The molecule has 2 atom stereocenters. The molecule has 8 heteroatoms. The van der Waals surface area contributed by atoms with Crippen LogP contribution in [-0.2, 0) is 14.3 Å². The first-order chi connectivity index (χ1) is 16.6. The zero-order valence-electron chi connectivity index (χ0n) is 19.0. The second kappa shape index (κ2) is 9.85. The first-order valence-electron chi connectivity index (χ1n) is 11.9. The van der Waals surface area contributed by atoms with Gasteiger partial charge in [-0.1, -0.05) is 30.3 Å². The van der Waals surface area contributed by atoms with Crippen molar-refractivity contribution in [3.8, 4) is 5.75 Å². The van der Waals surface area contributed by atoms with Crippen molar-refractivity contribution in [3.63, 3.8) is 0 Å². The van der Waals surface area contributed by atoms with Gasteiger partial charge in [-0.2, -0.15) is 0 Å². The summed E-state index contributed by atoms with van der Waals surface area (Å²) in [7, 11) is 0. The molecule has 178 valence electrons. The third-order valence-electron chi connectivity index (χ3n) is 6.47. The van der Waals surface area contributed by atoms with Gasteiger partial charge < -0.3 is 25.0 Å². The Morgan fingerprint density at radius 2 is 1.82 bits per heavy atom. The van der Waals surface area contributed by atoms with E-state index in [1.165, 1.54) is 0 Å². The normalized spacial score (nSPS) is 21.6. The quantitative estimate of drug-likeness (QED) is 0.627. The first-order valence-corrected chi connectivity index (χ1v) is 11.9. The van der Waals surface area contributed by atoms with Gasteiger partial charge in [0.05, 0.1) is 18.3 Å². The Bertz CT molecular complexity index is 1080. The minimum atomic E-state index is -0.699. The number of para-hydroxylation sites is 2. The molecule has 0 bridgehead atoms. The van der Waals surface area contributed by atoms with Crippen molar-refractivity contribution in [2.45, 2.75) is 50.3 Å². The van der Waals surface area contributed by atoms with E-state index in [2.05, 4.69) is 10.6 Å². The molecular formula is C26H29N3O5. The molecule has 3 aliphatic rings. The van der Waals surface area contributed by atoms with Crippen LogP contribution in [0.1, 0.15) is 54.1 Å². The lowest BCUT2D eigenvalue weighted by atomic mass is 10.0. The van der Waals surface area contributed by atoms with E-state index in [9.17, 15) is 14.4 Å². The van der Waals surface area contributed by atoms with Gasteiger partial charge in [0.25, 0.3) is 5.91 Å². The monoisotopic (exact) mass is 463 g/mol. The van der Waals surface area contributed by atoms with Crippen molar-refractivity contribution in [1.29, 1.82) is 0 Å². The standard InChI is InChI=1S/C26H29N3O5/c30-23(28-21-10-3-4-11-22(21)34-16-18-7-5-6-14-33-18)15-27-25(31)24-19-8-1-2-9-20(19)26(32)29(24)17-12-13-17/h1-4,8-11,17-18,24H,5-7,12-16H2,(H,27,31)(H,28,30). The van der Waals surface area contributed by atoms with Crippen LogP contribution in [0, 0.1) is 0 Å². The number of ether oxygens (including phenoxy) is 2. The van der Waals surface area contributed by atoms with Crippen molar-refractivity contribution in [3.05, 3.63) is 59.7 Å². The molecule has 2 N–H and O–H groups in total. The van der Waals surface area contributed by atoms with Crippen LogP contribution in [0.2, 0.25) is 0 Å². The number of benzene rings is 2. The lowest BCUT2D eigenvalue weighted by molar-refractivity contribution is -0.127. The molecule has 2 heterocycles. The molecule has 0 radical (unpaired) electrons. The lowest BCUT2D eigenvalue weighted by Gasteiger charge is -2.24. The molecule has 3 amide bonds. The molecule has 2 aliphatic heterocycles. The van der Waals surface area contributed by atoms with Gasteiger partial charge in [-0.05, 0) is 55.9 Å². The van der Waals surface area contributed by atoms with Crippen LogP contribution in [0.25, 0.3) is 0 Å². The first kappa shape index (κ1) is 22.4.